The summed E-state index contributed by atoms with van der Waals surface area (Å²) in [4.78, 5) is 20.9. The normalized spacial score (nSPS) is 9.57. The molecule has 0 aromatic heterocycles. The number of anilines is 1. The Hall–Kier alpha value is -1.43. The predicted octanol–water partition coefficient (Wildman–Crippen LogP) is 2.32. The Morgan fingerprint density at radius 2 is 2.21 bits per heavy atom. The second-order valence-electron chi connectivity index (χ2n) is 2.57. The molecular formula is C8H7BrN2O3. The zero-order valence-electron chi connectivity index (χ0n) is 7.28. The number of rotatable bonds is 2. The van der Waals surface area contributed by atoms with Gasteiger partial charge in [0.25, 0.3) is 0 Å². The highest BCUT2D eigenvalue weighted by Crippen LogP contribution is 2.32. The van der Waals surface area contributed by atoms with E-state index in [4.69, 9.17) is 0 Å². The van der Waals surface area contributed by atoms with Crippen LogP contribution in [-0.4, -0.2) is 10.8 Å². The molecule has 1 amide bonds. The van der Waals surface area contributed by atoms with E-state index in [9.17, 15) is 14.9 Å². The standard InChI is InChI=1S/C8H7BrN2O3/c1-5(12)10-7-4-2-3-6(9)8(7)11(13)14/h2-4H,1H3,(H,10,12). The maximum absolute atomic E-state index is 10.8. The number of benzene rings is 1. The number of para-hydroxylation sites is 1. The summed E-state index contributed by atoms with van der Waals surface area (Å²) in [7, 11) is 0. The molecule has 0 radical (unpaired) electrons. The molecule has 14 heavy (non-hydrogen) atoms. The highest BCUT2D eigenvalue weighted by Gasteiger charge is 2.18. The van der Waals surface area contributed by atoms with Crippen LogP contribution < -0.4 is 5.32 Å². The number of carbonyl (C=O) groups excluding carboxylic acids is 1. The molecule has 0 spiro atoms. The Balaban J connectivity index is 3.21. The van der Waals surface area contributed by atoms with E-state index in [1.54, 1.807) is 12.1 Å². The average molecular weight is 259 g/mol. The molecule has 1 aromatic carbocycles. The van der Waals surface area contributed by atoms with Crippen LogP contribution in [0.5, 0.6) is 0 Å². The molecule has 0 aliphatic rings. The van der Waals surface area contributed by atoms with Crippen LogP contribution >= 0.6 is 15.9 Å². The molecule has 0 bridgehead atoms. The maximum Gasteiger partial charge on any atom is 0.306 e. The first-order chi connectivity index (χ1) is 6.52. The van der Waals surface area contributed by atoms with Crippen LogP contribution in [0.2, 0.25) is 0 Å². The van der Waals surface area contributed by atoms with Gasteiger partial charge >= 0.3 is 5.69 Å². The van der Waals surface area contributed by atoms with Crippen LogP contribution in [0.1, 0.15) is 6.92 Å². The summed E-state index contributed by atoms with van der Waals surface area (Å²) >= 11 is 3.04. The SMILES string of the molecule is CC(=O)Nc1cccc(Br)c1[N+](=O)[O-]. The second kappa shape index (κ2) is 4.19. The van der Waals surface area contributed by atoms with Crippen LogP contribution in [0.15, 0.2) is 22.7 Å². The number of hydrogen-bond donors (Lipinski definition) is 1. The van der Waals surface area contributed by atoms with Gasteiger partial charge in [0.2, 0.25) is 5.91 Å². The van der Waals surface area contributed by atoms with Gasteiger partial charge in [0, 0.05) is 6.92 Å². The molecule has 1 aromatic rings. The minimum atomic E-state index is -0.546. The van der Waals surface area contributed by atoms with Gasteiger partial charge in [-0.15, -0.1) is 0 Å². The number of amides is 1. The molecule has 0 saturated heterocycles. The number of carbonyl (C=O) groups is 1. The van der Waals surface area contributed by atoms with E-state index < -0.39 is 4.92 Å². The first kappa shape index (κ1) is 10.6. The molecule has 0 aliphatic heterocycles. The fourth-order valence-electron chi connectivity index (χ4n) is 0.991. The van der Waals surface area contributed by atoms with E-state index in [1.165, 1.54) is 13.0 Å². The minimum Gasteiger partial charge on any atom is -0.321 e. The lowest BCUT2D eigenvalue weighted by molar-refractivity contribution is -0.384. The van der Waals surface area contributed by atoms with Crippen molar-refractivity contribution in [2.75, 3.05) is 5.32 Å². The molecule has 0 saturated carbocycles. The predicted molar refractivity (Wildman–Crippen MR) is 55.1 cm³/mol. The van der Waals surface area contributed by atoms with Gasteiger partial charge in [-0.2, -0.15) is 0 Å². The van der Waals surface area contributed by atoms with Crippen LogP contribution in [0.25, 0.3) is 0 Å². The van der Waals surface area contributed by atoms with Crippen LogP contribution in [0, 0.1) is 10.1 Å². The summed E-state index contributed by atoms with van der Waals surface area (Å²) < 4.78 is 0.341. The Morgan fingerprint density at radius 1 is 1.57 bits per heavy atom. The van der Waals surface area contributed by atoms with E-state index in [2.05, 4.69) is 21.2 Å². The number of nitrogens with zero attached hydrogens (tertiary/aromatic N) is 1. The van der Waals surface area contributed by atoms with Crippen molar-refractivity contribution in [2.24, 2.45) is 0 Å². The summed E-state index contributed by atoms with van der Waals surface area (Å²) in [6.45, 7) is 1.30. The molecule has 0 atom stereocenters. The Labute approximate surface area is 88.4 Å². The van der Waals surface area contributed by atoms with Crippen molar-refractivity contribution in [3.8, 4) is 0 Å². The number of nitro groups is 1. The molecular weight excluding hydrogens is 252 g/mol. The molecule has 0 fully saturated rings. The molecule has 1 rings (SSSR count). The second-order valence-corrected chi connectivity index (χ2v) is 3.43. The Kier molecular flexibility index (Phi) is 3.19. The molecule has 0 heterocycles. The van der Waals surface area contributed by atoms with Gasteiger partial charge in [-0.1, -0.05) is 6.07 Å². The number of hydrogen-bond acceptors (Lipinski definition) is 3. The van der Waals surface area contributed by atoms with Crippen molar-refractivity contribution in [1.82, 2.24) is 0 Å². The number of halogens is 1. The molecule has 5 nitrogen and oxygen atoms in total. The lowest BCUT2D eigenvalue weighted by atomic mass is 10.2. The fourth-order valence-corrected chi connectivity index (χ4v) is 1.50. The topological polar surface area (TPSA) is 72.2 Å². The van der Waals surface area contributed by atoms with Crippen molar-refractivity contribution >= 4 is 33.2 Å². The van der Waals surface area contributed by atoms with Gasteiger partial charge < -0.3 is 5.32 Å². The van der Waals surface area contributed by atoms with E-state index in [0.29, 0.717) is 4.47 Å². The van der Waals surface area contributed by atoms with Gasteiger partial charge in [-0.05, 0) is 28.1 Å². The third-order valence-corrected chi connectivity index (χ3v) is 2.12. The van der Waals surface area contributed by atoms with Crippen LogP contribution in [0.3, 0.4) is 0 Å². The lowest BCUT2D eigenvalue weighted by Crippen LogP contribution is -2.08. The summed E-state index contributed by atoms with van der Waals surface area (Å²) in [5.74, 6) is -0.341. The van der Waals surface area contributed by atoms with Crippen LogP contribution in [0.4, 0.5) is 11.4 Å². The average Bonchev–Trinajstić information content (AvgIpc) is 2.01. The quantitative estimate of drug-likeness (QED) is 0.654. The first-order valence-electron chi connectivity index (χ1n) is 3.73. The molecule has 6 heteroatoms. The third kappa shape index (κ3) is 2.29. The van der Waals surface area contributed by atoms with Crippen LogP contribution in [-0.2, 0) is 4.79 Å². The molecule has 0 aliphatic carbocycles. The number of nitrogens with one attached hydrogen (secondary N) is 1. The van der Waals surface area contributed by atoms with E-state index in [-0.39, 0.29) is 17.3 Å². The summed E-state index contributed by atoms with van der Waals surface area (Å²) in [6.07, 6.45) is 0. The first-order valence-corrected chi connectivity index (χ1v) is 4.52. The Morgan fingerprint density at radius 3 is 2.71 bits per heavy atom. The Bertz CT molecular complexity index is 392. The smallest absolute Gasteiger partial charge is 0.306 e. The fraction of sp³-hybridized carbons (Fsp3) is 0.125. The van der Waals surface area contributed by atoms with Crippen molar-refractivity contribution in [3.63, 3.8) is 0 Å². The summed E-state index contributed by atoms with van der Waals surface area (Å²) in [5.41, 5.74) is 0.0552. The zero-order chi connectivity index (χ0) is 10.7. The molecule has 0 unspecified atom stereocenters. The lowest BCUT2D eigenvalue weighted by Gasteiger charge is -2.03. The highest BCUT2D eigenvalue weighted by molar-refractivity contribution is 9.10. The van der Waals surface area contributed by atoms with Gasteiger partial charge in [0.15, 0.2) is 0 Å². The molecule has 1 N–H and O–H groups in total. The maximum atomic E-state index is 10.8. The summed E-state index contributed by atoms with van der Waals surface area (Å²) in [5, 5.41) is 13.0. The largest absolute Gasteiger partial charge is 0.321 e. The van der Waals surface area contributed by atoms with Crippen molar-refractivity contribution < 1.29 is 9.72 Å². The van der Waals surface area contributed by atoms with E-state index >= 15 is 0 Å². The van der Waals surface area contributed by atoms with Crippen molar-refractivity contribution in [2.45, 2.75) is 6.92 Å². The van der Waals surface area contributed by atoms with Gasteiger partial charge in [0.1, 0.15) is 5.69 Å². The minimum absolute atomic E-state index is 0.136. The third-order valence-electron chi connectivity index (χ3n) is 1.48. The highest BCUT2D eigenvalue weighted by atomic mass is 79.9. The van der Waals surface area contributed by atoms with Gasteiger partial charge in [0.05, 0.1) is 9.40 Å². The van der Waals surface area contributed by atoms with Crippen molar-refractivity contribution in [3.05, 3.63) is 32.8 Å². The summed E-state index contributed by atoms with van der Waals surface area (Å²) in [6, 6.07) is 4.64. The van der Waals surface area contributed by atoms with E-state index in [1.807, 2.05) is 0 Å². The van der Waals surface area contributed by atoms with E-state index in [0.717, 1.165) is 0 Å². The molecule has 74 valence electrons. The zero-order valence-corrected chi connectivity index (χ0v) is 8.87. The van der Waals surface area contributed by atoms with Gasteiger partial charge in [-0.3, -0.25) is 14.9 Å². The van der Waals surface area contributed by atoms with Gasteiger partial charge in [-0.25, -0.2) is 0 Å². The van der Waals surface area contributed by atoms with Crippen molar-refractivity contribution in [1.29, 1.82) is 0 Å². The number of nitro benzene ring substituents is 1. The monoisotopic (exact) mass is 258 g/mol.